The summed E-state index contributed by atoms with van der Waals surface area (Å²) in [6.45, 7) is 4.57. The van der Waals surface area contributed by atoms with E-state index in [1.54, 1.807) is 8.86 Å². The molecule has 0 atom stereocenters. The predicted octanol–water partition coefficient (Wildman–Crippen LogP) is 0.507. The van der Waals surface area contributed by atoms with Crippen LogP contribution >= 0.6 is 0 Å². The largest absolute Gasteiger partial charge is 0.741 e. The van der Waals surface area contributed by atoms with E-state index in [0.717, 1.165) is 0 Å². The molecular formula is C11H22F3IO3S. The number of hydrogen-bond acceptors (Lipinski definition) is 3. The molecule has 0 unspecified atom stereocenters. The highest BCUT2D eigenvalue weighted by molar-refractivity contribution is 7.86. The maximum absolute atomic E-state index is 10.7. The minimum absolute atomic E-state index is 0.600. The van der Waals surface area contributed by atoms with Crippen LogP contribution in [-0.4, -0.2) is 27.3 Å². The van der Waals surface area contributed by atoms with Gasteiger partial charge in [0.25, 0.3) is 21.2 Å². The fraction of sp³-hybridized carbons (Fsp3) is 1.00. The predicted molar refractivity (Wildman–Crippen MR) is 64.5 cm³/mol. The second-order valence-corrected chi connectivity index (χ2v) is 8.49. The highest BCUT2D eigenvalue weighted by Gasteiger charge is 2.36. The highest BCUT2D eigenvalue weighted by atomic mass is 127. The summed E-state index contributed by atoms with van der Waals surface area (Å²) in [6, 6.07) is 0. The van der Waals surface area contributed by atoms with Crippen molar-refractivity contribution in [3.8, 4) is 0 Å². The van der Waals surface area contributed by atoms with Crippen LogP contribution in [0.4, 0.5) is 13.2 Å². The van der Waals surface area contributed by atoms with Crippen molar-refractivity contribution < 1.29 is 47.3 Å². The molecule has 3 nitrogen and oxygen atoms in total. The number of alkyl halides is 5. The van der Waals surface area contributed by atoms with E-state index in [9.17, 15) is 13.2 Å². The molecule has 0 rings (SSSR count). The minimum atomic E-state index is -6.09. The van der Waals surface area contributed by atoms with Gasteiger partial charge in [-0.1, -0.05) is 26.7 Å². The van der Waals surface area contributed by atoms with E-state index >= 15 is 0 Å². The summed E-state index contributed by atoms with van der Waals surface area (Å²) in [6.07, 6.45) is 8.73. The molecular weight excluding hydrogens is 396 g/mol. The molecule has 0 saturated carbocycles. The summed E-state index contributed by atoms with van der Waals surface area (Å²) in [4.78, 5) is 0. The highest BCUT2D eigenvalue weighted by Crippen LogP contribution is 2.20. The Balaban J connectivity index is 0. The van der Waals surface area contributed by atoms with Gasteiger partial charge >= 0.3 is 5.51 Å². The van der Waals surface area contributed by atoms with Gasteiger partial charge in [-0.05, 0) is 25.7 Å². The third-order valence-corrected chi connectivity index (χ3v) is 5.64. The molecule has 0 aliphatic carbocycles. The van der Waals surface area contributed by atoms with Crippen LogP contribution in [0.3, 0.4) is 0 Å². The molecule has 0 radical (unpaired) electrons. The lowest BCUT2D eigenvalue weighted by Gasteiger charge is -2.08. The van der Waals surface area contributed by atoms with Gasteiger partial charge in [-0.2, -0.15) is 13.2 Å². The second-order valence-electron chi connectivity index (χ2n) is 3.88. The Morgan fingerprint density at radius 3 is 1.47 bits per heavy atom. The third-order valence-electron chi connectivity index (χ3n) is 2.03. The van der Waals surface area contributed by atoms with E-state index in [1.807, 2.05) is 0 Å². The molecule has 0 aromatic rings. The summed E-state index contributed by atoms with van der Waals surface area (Å²) in [7, 11) is -6.09. The van der Waals surface area contributed by atoms with Crippen molar-refractivity contribution in [2.24, 2.45) is 0 Å². The number of hydrogen-bond donors (Lipinski definition) is 0. The summed E-state index contributed by atoms with van der Waals surface area (Å²) in [5.41, 5.74) is -5.65. The van der Waals surface area contributed by atoms with Crippen molar-refractivity contribution in [2.75, 3.05) is 8.86 Å². The van der Waals surface area contributed by atoms with Gasteiger partial charge in [0.1, 0.15) is 8.86 Å². The van der Waals surface area contributed by atoms with Crippen LogP contribution in [0.1, 0.15) is 52.4 Å². The summed E-state index contributed by atoms with van der Waals surface area (Å²) in [5, 5.41) is 0. The Kier molecular flexibility index (Phi) is 13.9. The van der Waals surface area contributed by atoms with Gasteiger partial charge in [0.2, 0.25) is 0 Å². The zero-order valence-electron chi connectivity index (χ0n) is 11.3. The van der Waals surface area contributed by atoms with E-state index in [4.69, 9.17) is 13.0 Å². The van der Waals surface area contributed by atoms with Gasteiger partial charge in [-0.15, -0.1) is 0 Å². The lowest BCUT2D eigenvalue weighted by Crippen LogP contribution is -3.63. The molecule has 19 heavy (non-hydrogen) atoms. The molecule has 0 bridgehead atoms. The van der Waals surface area contributed by atoms with E-state index < -0.39 is 15.6 Å². The molecule has 0 aromatic heterocycles. The zero-order valence-corrected chi connectivity index (χ0v) is 14.3. The summed E-state index contributed by atoms with van der Waals surface area (Å²) >= 11 is 0.600. The van der Waals surface area contributed by atoms with Crippen LogP contribution in [0.2, 0.25) is 0 Å². The Bertz CT molecular complexity index is 284. The van der Waals surface area contributed by atoms with Crippen molar-refractivity contribution >= 4 is 10.1 Å². The standard InChI is InChI=1S/C10H22I.CHF3O3S/c1-3-5-7-9-11-10-8-6-4-2;2-1(3,4)8(5,6)7/h3-10H2,1-2H3;(H,5,6,7)/q+1;/p-1. The van der Waals surface area contributed by atoms with E-state index in [-0.39, 0.29) is 0 Å². The molecule has 0 spiro atoms. The van der Waals surface area contributed by atoms with Gasteiger partial charge < -0.3 is 4.55 Å². The molecule has 0 aliphatic rings. The Labute approximate surface area is 124 Å². The van der Waals surface area contributed by atoms with Crippen LogP contribution in [-0.2, 0) is 10.1 Å². The maximum atomic E-state index is 10.7. The quantitative estimate of drug-likeness (QED) is 0.190. The first-order chi connectivity index (χ1) is 8.66. The average molecular weight is 418 g/mol. The third kappa shape index (κ3) is 16.4. The smallest absolute Gasteiger partial charge is 0.485 e. The topological polar surface area (TPSA) is 57.2 Å². The minimum Gasteiger partial charge on any atom is -0.741 e. The van der Waals surface area contributed by atoms with Gasteiger partial charge in [0.05, 0.1) is 0 Å². The fourth-order valence-electron chi connectivity index (χ4n) is 0.972. The van der Waals surface area contributed by atoms with Gasteiger partial charge in [-0.3, -0.25) is 0 Å². The summed E-state index contributed by atoms with van der Waals surface area (Å²) in [5.74, 6) is 0. The molecule has 0 fully saturated rings. The average Bonchev–Trinajstić information content (AvgIpc) is 2.26. The van der Waals surface area contributed by atoms with E-state index in [1.165, 1.54) is 38.5 Å². The lowest BCUT2D eigenvalue weighted by atomic mass is 10.3. The first kappa shape index (κ1) is 21.7. The molecule has 0 aliphatic heterocycles. The number of halogens is 4. The van der Waals surface area contributed by atoms with E-state index in [0.29, 0.717) is 21.2 Å². The Hall–Kier alpha value is 0.430. The normalized spacial score (nSPS) is 11.9. The van der Waals surface area contributed by atoms with Crippen molar-refractivity contribution in [1.29, 1.82) is 0 Å². The fourth-order valence-corrected chi connectivity index (χ4v) is 3.67. The molecule has 0 aromatic carbocycles. The van der Waals surface area contributed by atoms with Crippen molar-refractivity contribution in [1.82, 2.24) is 0 Å². The van der Waals surface area contributed by atoms with Crippen molar-refractivity contribution in [3.63, 3.8) is 0 Å². The van der Waals surface area contributed by atoms with Crippen molar-refractivity contribution in [2.45, 2.75) is 57.9 Å². The van der Waals surface area contributed by atoms with E-state index in [2.05, 4.69) is 13.8 Å². The SMILES string of the molecule is CCCCC[I+]CCCCC.O=S(=O)([O-])C(F)(F)F. The molecule has 0 N–H and O–H groups in total. The molecule has 118 valence electrons. The molecule has 0 heterocycles. The first-order valence-electron chi connectivity index (χ1n) is 6.22. The number of rotatable bonds is 8. The zero-order chi connectivity index (χ0) is 15.4. The van der Waals surface area contributed by atoms with Crippen LogP contribution < -0.4 is 21.2 Å². The maximum Gasteiger partial charge on any atom is 0.485 e. The Morgan fingerprint density at radius 1 is 0.947 bits per heavy atom. The second kappa shape index (κ2) is 12.2. The first-order valence-corrected chi connectivity index (χ1v) is 10.7. The summed E-state index contributed by atoms with van der Waals surface area (Å²) < 4.78 is 62.1. The number of unbranched alkanes of at least 4 members (excludes halogenated alkanes) is 4. The lowest BCUT2D eigenvalue weighted by molar-refractivity contribution is -0.655. The van der Waals surface area contributed by atoms with Crippen LogP contribution in [0.25, 0.3) is 0 Å². The molecule has 0 amide bonds. The van der Waals surface area contributed by atoms with Gasteiger partial charge in [0, 0.05) is 0 Å². The van der Waals surface area contributed by atoms with Crippen LogP contribution in [0.5, 0.6) is 0 Å². The van der Waals surface area contributed by atoms with Crippen molar-refractivity contribution in [3.05, 3.63) is 0 Å². The molecule has 0 saturated heterocycles. The van der Waals surface area contributed by atoms with Crippen LogP contribution in [0, 0.1) is 0 Å². The monoisotopic (exact) mass is 418 g/mol. The van der Waals surface area contributed by atoms with Gasteiger partial charge in [0.15, 0.2) is 10.1 Å². The van der Waals surface area contributed by atoms with Crippen LogP contribution in [0.15, 0.2) is 0 Å². The Morgan fingerprint density at radius 2 is 1.26 bits per heavy atom. The van der Waals surface area contributed by atoms with Gasteiger partial charge in [-0.25, -0.2) is 8.42 Å². The molecule has 8 heteroatoms.